The number of hydrogen-bond donors (Lipinski definition) is 1. The van der Waals surface area contributed by atoms with Gasteiger partial charge in [0.1, 0.15) is 5.52 Å². The highest BCUT2D eigenvalue weighted by Crippen LogP contribution is 2.17. The van der Waals surface area contributed by atoms with Crippen molar-refractivity contribution in [1.82, 2.24) is 9.97 Å². The number of aromatic nitrogens is 2. The molecule has 1 aromatic carbocycles. The van der Waals surface area contributed by atoms with E-state index in [2.05, 4.69) is 9.97 Å². The fourth-order valence-corrected chi connectivity index (χ4v) is 2.09. The number of rotatable bonds is 0. The Hall–Kier alpha value is -1.87. The number of hydrogen-bond acceptors (Lipinski definition) is 2. The van der Waals surface area contributed by atoms with Crippen LogP contribution < -0.4 is 5.43 Å². The van der Waals surface area contributed by atoms with Crippen molar-refractivity contribution in [3.05, 3.63) is 51.3 Å². The van der Waals surface area contributed by atoms with E-state index < -0.39 is 0 Å². The molecule has 1 N–H and O–H groups in total. The molecule has 0 saturated carbocycles. The van der Waals surface area contributed by atoms with Gasteiger partial charge in [0.2, 0.25) is 5.43 Å². The number of pyridine rings is 2. The number of H-pyrrole nitrogens is 1. The van der Waals surface area contributed by atoms with E-state index >= 15 is 0 Å². The number of halogens is 1. The Morgan fingerprint density at radius 2 is 2.00 bits per heavy atom. The van der Waals surface area contributed by atoms with Gasteiger partial charge < -0.3 is 4.98 Å². The lowest BCUT2D eigenvalue weighted by molar-refractivity contribution is 1.24. The molecule has 0 aliphatic carbocycles. The van der Waals surface area contributed by atoms with Gasteiger partial charge in [-0.15, -0.1) is 0 Å². The number of benzene rings is 1. The second-order valence-electron chi connectivity index (χ2n) is 3.99. The van der Waals surface area contributed by atoms with Gasteiger partial charge in [-0.2, -0.15) is 0 Å². The zero-order valence-corrected chi connectivity index (χ0v) is 9.88. The fraction of sp³-hybridized carbons (Fsp3) is 0.0769. The van der Waals surface area contributed by atoms with Crippen LogP contribution >= 0.6 is 11.6 Å². The zero-order valence-electron chi connectivity index (χ0n) is 9.12. The van der Waals surface area contributed by atoms with Gasteiger partial charge in [-0.25, -0.2) is 4.98 Å². The summed E-state index contributed by atoms with van der Waals surface area (Å²) in [4.78, 5) is 19.7. The molecule has 0 aliphatic rings. The Kier molecular flexibility index (Phi) is 2.16. The average Bonchev–Trinajstić information content (AvgIpc) is 2.30. The molecule has 17 heavy (non-hydrogen) atoms. The molecule has 4 heteroatoms. The maximum Gasteiger partial charge on any atom is 0.215 e. The second kappa shape index (κ2) is 3.57. The number of aromatic amines is 1. The molecule has 0 bridgehead atoms. The van der Waals surface area contributed by atoms with Crippen LogP contribution in [0, 0.1) is 6.92 Å². The predicted octanol–water partition coefficient (Wildman–Crippen LogP) is 3.04. The summed E-state index contributed by atoms with van der Waals surface area (Å²) in [5.41, 5.74) is 2.71. The summed E-state index contributed by atoms with van der Waals surface area (Å²) >= 11 is 5.91. The van der Waals surface area contributed by atoms with Crippen molar-refractivity contribution < 1.29 is 0 Å². The summed E-state index contributed by atoms with van der Waals surface area (Å²) in [6.07, 6.45) is 0. The van der Waals surface area contributed by atoms with Crippen LogP contribution in [0.25, 0.3) is 21.9 Å². The van der Waals surface area contributed by atoms with Gasteiger partial charge in [-0.3, -0.25) is 4.79 Å². The van der Waals surface area contributed by atoms with Gasteiger partial charge in [0.05, 0.1) is 11.0 Å². The Balaban J connectivity index is 2.57. The van der Waals surface area contributed by atoms with Gasteiger partial charge in [-0.05, 0) is 37.3 Å². The van der Waals surface area contributed by atoms with Crippen LogP contribution in [-0.4, -0.2) is 9.97 Å². The van der Waals surface area contributed by atoms with Crippen LogP contribution in [0.4, 0.5) is 0 Å². The molecule has 0 fully saturated rings. The molecule has 0 spiro atoms. The molecule has 0 radical (unpaired) electrons. The molecule has 3 nitrogen and oxygen atoms in total. The third-order valence-electron chi connectivity index (χ3n) is 2.75. The zero-order chi connectivity index (χ0) is 12.0. The fourth-order valence-electron chi connectivity index (χ4n) is 1.92. The Morgan fingerprint density at radius 3 is 2.82 bits per heavy atom. The lowest BCUT2D eigenvalue weighted by Gasteiger charge is -2.03. The van der Waals surface area contributed by atoms with Crippen LogP contribution in [0.1, 0.15) is 5.69 Å². The summed E-state index contributed by atoms with van der Waals surface area (Å²) < 4.78 is 0. The van der Waals surface area contributed by atoms with Crippen LogP contribution in [0.5, 0.6) is 0 Å². The molecule has 0 aliphatic heterocycles. The van der Waals surface area contributed by atoms with E-state index in [4.69, 9.17) is 11.6 Å². The molecular formula is C13H9ClN2O. The molecule has 0 saturated heterocycles. The average molecular weight is 245 g/mol. The van der Waals surface area contributed by atoms with Crippen LogP contribution in [-0.2, 0) is 0 Å². The van der Waals surface area contributed by atoms with Crippen molar-refractivity contribution in [2.45, 2.75) is 6.92 Å². The summed E-state index contributed by atoms with van der Waals surface area (Å²) in [5, 5.41) is 1.22. The first kappa shape index (κ1) is 10.3. The van der Waals surface area contributed by atoms with Gasteiger partial charge in [0.15, 0.2) is 0 Å². The van der Waals surface area contributed by atoms with Crippen molar-refractivity contribution in [1.29, 1.82) is 0 Å². The van der Waals surface area contributed by atoms with Gasteiger partial charge >= 0.3 is 0 Å². The van der Waals surface area contributed by atoms with E-state index in [1.165, 1.54) is 0 Å². The molecule has 0 unspecified atom stereocenters. The van der Waals surface area contributed by atoms with E-state index in [-0.39, 0.29) is 5.43 Å². The third-order valence-corrected chi connectivity index (χ3v) is 2.98. The topological polar surface area (TPSA) is 45.8 Å². The van der Waals surface area contributed by atoms with Crippen LogP contribution in [0.3, 0.4) is 0 Å². The van der Waals surface area contributed by atoms with Gasteiger partial charge in [0.25, 0.3) is 0 Å². The van der Waals surface area contributed by atoms with Crippen LogP contribution in [0.2, 0.25) is 5.02 Å². The van der Waals surface area contributed by atoms with E-state index in [1.54, 1.807) is 18.2 Å². The second-order valence-corrected chi connectivity index (χ2v) is 4.43. The molecule has 0 atom stereocenters. The third kappa shape index (κ3) is 1.59. The van der Waals surface area contributed by atoms with Gasteiger partial charge in [0, 0.05) is 16.1 Å². The number of nitrogens with zero attached hydrogens (tertiary/aromatic N) is 1. The molecule has 2 heterocycles. The molecule has 2 aromatic heterocycles. The van der Waals surface area contributed by atoms with E-state index in [0.29, 0.717) is 15.9 Å². The molecule has 84 valence electrons. The molecular weight excluding hydrogens is 236 g/mol. The lowest BCUT2D eigenvalue weighted by Crippen LogP contribution is -2.06. The van der Waals surface area contributed by atoms with Crippen molar-refractivity contribution >= 4 is 33.5 Å². The Labute approximate surface area is 102 Å². The lowest BCUT2D eigenvalue weighted by atomic mass is 10.1. The maximum absolute atomic E-state index is 12.2. The largest absolute Gasteiger partial charge is 0.353 e. The Bertz CT molecular complexity index is 792. The standard InChI is InChI=1S/C13H9ClN2O/c1-7-2-5-10-12(15-7)13(17)9-4-3-8(14)6-11(9)16-10/h2-6H,1H3,(H,16,17). The first-order valence-electron chi connectivity index (χ1n) is 5.24. The molecule has 3 aromatic rings. The summed E-state index contributed by atoms with van der Waals surface area (Å²) in [5.74, 6) is 0. The normalized spacial score (nSPS) is 11.2. The maximum atomic E-state index is 12.2. The highest BCUT2D eigenvalue weighted by Gasteiger charge is 2.06. The summed E-state index contributed by atoms with van der Waals surface area (Å²) in [7, 11) is 0. The SMILES string of the molecule is Cc1ccc2[nH]c3cc(Cl)ccc3c(=O)c2n1. The van der Waals surface area contributed by atoms with E-state index in [1.807, 2.05) is 19.1 Å². The first-order valence-corrected chi connectivity index (χ1v) is 5.62. The molecule has 3 rings (SSSR count). The van der Waals surface area contributed by atoms with Gasteiger partial charge in [-0.1, -0.05) is 11.6 Å². The van der Waals surface area contributed by atoms with Crippen molar-refractivity contribution in [3.63, 3.8) is 0 Å². The highest BCUT2D eigenvalue weighted by molar-refractivity contribution is 6.31. The van der Waals surface area contributed by atoms with Crippen molar-refractivity contribution in [2.24, 2.45) is 0 Å². The minimum Gasteiger partial charge on any atom is -0.353 e. The monoisotopic (exact) mass is 244 g/mol. The number of aryl methyl sites for hydroxylation is 1. The predicted molar refractivity (Wildman–Crippen MR) is 69.6 cm³/mol. The van der Waals surface area contributed by atoms with Crippen LogP contribution in [0.15, 0.2) is 35.1 Å². The summed E-state index contributed by atoms with van der Waals surface area (Å²) in [6.45, 7) is 1.87. The quantitative estimate of drug-likeness (QED) is 0.618. The summed E-state index contributed by atoms with van der Waals surface area (Å²) in [6, 6.07) is 8.91. The minimum absolute atomic E-state index is 0.0610. The van der Waals surface area contributed by atoms with E-state index in [0.717, 1.165) is 16.7 Å². The highest BCUT2D eigenvalue weighted by atomic mass is 35.5. The smallest absolute Gasteiger partial charge is 0.215 e. The minimum atomic E-state index is -0.0610. The first-order chi connectivity index (χ1) is 8.15. The van der Waals surface area contributed by atoms with Crippen molar-refractivity contribution in [2.75, 3.05) is 0 Å². The van der Waals surface area contributed by atoms with Crippen molar-refractivity contribution in [3.8, 4) is 0 Å². The number of fused-ring (bicyclic) bond motifs is 2. The number of nitrogens with one attached hydrogen (secondary N) is 1. The van der Waals surface area contributed by atoms with E-state index in [9.17, 15) is 4.79 Å². The molecule has 0 amide bonds. The Morgan fingerprint density at radius 1 is 1.18 bits per heavy atom.